The number of anilines is 1. The number of hydrogen-bond donors (Lipinski definition) is 3. The standard InChI is InChI=1S/C18H23N3O2.ClH/c1-12-9-16(12)18(23)21-15-4-2-3-14(10-15)17(22)20-11-13-5-7-19-8-6-13;/h2-5,10,12,16,19H,6-9,11H2,1H3,(H,20,22)(H,21,23);1H. The Balaban J connectivity index is 0.00000208. The summed E-state index contributed by atoms with van der Waals surface area (Å²) < 4.78 is 0. The number of rotatable bonds is 5. The average Bonchev–Trinajstić information content (AvgIpc) is 3.31. The van der Waals surface area contributed by atoms with Crippen LogP contribution < -0.4 is 16.0 Å². The van der Waals surface area contributed by atoms with Gasteiger partial charge in [-0.3, -0.25) is 9.59 Å². The maximum Gasteiger partial charge on any atom is 0.251 e. The van der Waals surface area contributed by atoms with Crippen LogP contribution in [0.2, 0.25) is 0 Å². The normalized spacial score (nSPS) is 22.0. The van der Waals surface area contributed by atoms with Crippen LogP contribution in [0.5, 0.6) is 0 Å². The monoisotopic (exact) mass is 349 g/mol. The third kappa shape index (κ3) is 4.82. The second kappa shape index (κ2) is 8.31. The predicted molar refractivity (Wildman–Crippen MR) is 97.5 cm³/mol. The van der Waals surface area contributed by atoms with Gasteiger partial charge in [-0.1, -0.05) is 24.6 Å². The molecule has 1 aromatic carbocycles. The summed E-state index contributed by atoms with van der Waals surface area (Å²) in [6.07, 6.45) is 4.04. The third-order valence-corrected chi connectivity index (χ3v) is 4.47. The zero-order valence-corrected chi connectivity index (χ0v) is 14.6. The van der Waals surface area contributed by atoms with Crippen molar-refractivity contribution in [2.24, 2.45) is 11.8 Å². The number of carbonyl (C=O) groups is 2. The lowest BCUT2D eigenvalue weighted by Crippen LogP contribution is -2.29. The van der Waals surface area contributed by atoms with E-state index in [4.69, 9.17) is 0 Å². The van der Waals surface area contributed by atoms with Crippen LogP contribution in [0, 0.1) is 11.8 Å². The van der Waals surface area contributed by atoms with Crippen LogP contribution in [0.15, 0.2) is 35.9 Å². The van der Waals surface area contributed by atoms with E-state index in [2.05, 4.69) is 29.0 Å². The minimum Gasteiger partial charge on any atom is -0.348 e. The van der Waals surface area contributed by atoms with Crippen LogP contribution in [0.25, 0.3) is 0 Å². The van der Waals surface area contributed by atoms with Gasteiger partial charge in [-0.15, -0.1) is 12.4 Å². The lowest BCUT2D eigenvalue weighted by molar-refractivity contribution is -0.117. The smallest absolute Gasteiger partial charge is 0.251 e. The first-order chi connectivity index (χ1) is 11.1. The molecule has 0 spiro atoms. The Kier molecular flexibility index (Phi) is 6.40. The number of carbonyl (C=O) groups excluding carboxylic acids is 2. The molecule has 6 heteroatoms. The molecule has 3 N–H and O–H groups in total. The van der Waals surface area contributed by atoms with E-state index < -0.39 is 0 Å². The van der Waals surface area contributed by atoms with Crippen LogP contribution in [0.3, 0.4) is 0 Å². The van der Waals surface area contributed by atoms with E-state index in [1.54, 1.807) is 18.2 Å². The first kappa shape index (κ1) is 18.5. The molecule has 2 aliphatic rings. The molecule has 24 heavy (non-hydrogen) atoms. The minimum atomic E-state index is -0.111. The fraction of sp³-hybridized carbons (Fsp3) is 0.444. The highest BCUT2D eigenvalue weighted by atomic mass is 35.5. The SMILES string of the molecule is CC1CC1C(=O)Nc1cccc(C(=O)NCC2=CCNCC2)c1.Cl. The topological polar surface area (TPSA) is 70.2 Å². The van der Waals surface area contributed by atoms with Crippen molar-refractivity contribution in [2.45, 2.75) is 19.8 Å². The van der Waals surface area contributed by atoms with Crippen LogP contribution >= 0.6 is 12.4 Å². The van der Waals surface area contributed by atoms with Crippen LogP contribution in [-0.4, -0.2) is 31.4 Å². The van der Waals surface area contributed by atoms with Gasteiger partial charge >= 0.3 is 0 Å². The molecule has 1 fully saturated rings. The molecule has 1 saturated carbocycles. The fourth-order valence-corrected chi connectivity index (χ4v) is 2.79. The Bertz CT molecular complexity index is 645. The third-order valence-electron chi connectivity index (χ3n) is 4.47. The number of halogens is 1. The van der Waals surface area contributed by atoms with E-state index in [-0.39, 0.29) is 30.1 Å². The summed E-state index contributed by atoms with van der Waals surface area (Å²) in [6.45, 7) is 4.48. The molecule has 3 rings (SSSR count). The summed E-state index contributed by atoms with van der Waals surface area (Å²) in [4.78, 5) is 24.2. The zero-order valence-electron chi connectivity index (χ0n) is 13.8. The summed E-state index contributed by atoms with van der Waals surface area (Å²) in [6, 6.07) is 7.11. The summed E-state index contributed by atoms with van der Waals surface area (Å²) in [5, 5.41) is 9.09. The average molecular weight is 350 g/mol. The van der Waals surface area contributed by atoms with Gasteiger partial charge in [-0.2, -0.15) is 0 Å². The van der Waals surface area contributed by atoms with Crippen molar-refractivity contribution >= 4 is 29.9 Å². The summed E-state index contributed by atoms with van der Waals surface area (Å²) in [5.41, 5.74) is 2.51. The molecule has 2 unspecified atom stereocenters. The quantitative estimate of drug-likeness (QED) is 0.715. The van der Waals surface area contributed by atoms with Gasteiger partial charge in [-0.05, 0) is 43.5 Å². The van der Waals surface area contributed by atoms with Gasteiger partial charge in [0.05, 0.1) is 0 Å². The maximum absolute atomic E-state index is 12.3. The molecular formula is C18H24ClN3O2. The molecule has 1 aliphatic carbocycles. The van der Waals surface area contributed by atoms with Crippen molar-refractivity contribution in [3.05, 3.63) is 41.5 Å². The number of nitrogens with one attached hydrogen (secondary N) is 3. The summed E-state index contributed by atoms with van der Waals surface area (Å²) in [5.74, 6) is 0.536. The molecule has 2 atom stereocenters. The lowest BCUT2D eigenvalue weighted by atomic mass is 10.1. The molecule has 1 aliphatic heterocycles. The van der Waals surface area contributed by atoms with Crippen molar-refractivity contribution < 1.29 is 9.59 Å². The van der Waals surface area contributed by atoms with E-state index in [1.807, 2.05) is 6.07 Å². The summed E-state index contributed by atoms with van der Waals surface area (Å²) >= 11 is 0. The van der Waals surface area contributed by atoms with Gasteiger partial charge in [0.25, 0.3) is 5.91 Å². The molecule has 0 saturated heterocycles. The first-order valence-electron chi connectivity index (χ1n) is 8.21. The number of benzene rings is 1. The molecule has 0 aromatic heterocycles. The molecule has 0 radical (unpaired) electrons. The van der Waals surface area contributed by atoms with Crippen LogP contribution in [0.4, 0.5) is 5.69 Å². The van der Waals surface area contributed by atoms with Crippen molar-refractivity contribution in [1.29, 1.82) is 0 Å². The fourth-order valence-electron chi connectivity index (χ4n) is 2.79. The second-order valence-electron chi connectivity index (χ2n) is 6.39. The van der Waals surface area contributed by atoms with Gasteiger partial charge in [0.2, 0.25) is 5.91 Å². The zero-order chi connectivity index (χ0) is 16.2. The highest BCUT2D eigenvalue weighted by Crippen LogP contribution is 2.38. The first-order valence-corrected chi connectivity index (χ1v) is 8.21. The Morgan fingerprint density at radius 3 is 2.79 bits per heavy atom. The van der Waals surface area contributed by atoms with Crippen molar-refractivity contribution in [1.82, 2.24) is 10.6 Å². The Labute approximate surface area is 148 Å². The maximum atomic E-state index is 12.3. The molecule has 1 heterocycles. The van der Waals surface area contributed by atoms with E-state index in [0.29, 0.717) is 23.7 Å². The Morgan fingerprint density at radius 1 is 1.33 bits per heavy atom. The minimum absolute atomic E-state index is 0. The summed E-state index contributed by atoms with van der Waals surface area (Å²) in [7, 11) is 0. The highest BCUT2D eigenvalue weighted by Gasteiger charge is 2.39. The van der Waals surface area contributed by atoms with Crippen molar-refractivity contribution in [3.8, 4) is 0 Å². The molecule has 130 valence electrons. The van der Waals surface area contributed by atoms with Gasteiger partial charge in [0, 0.05) is 30.3 Å². The molecule has 5 nitrogen and oxygen atoms in total. The highest BCUT2D eigenvalue weighted by molar-refractivity contribution is 5.98. The van der Waals surface area contributed by atoms with E-state index in [1.165, 1.54) is 5.57 Å². The largest absolute Gasteiger partial charge is 0.348 e. The van der Waals surface area contributed by atoms with E-state index in [0.717, 1.165) is 25.9 Å². The molecular weight excluding hydrogens is 326 g/mol. The molecule has 0 bridgehead atoms. The Morgan fingerprint density at radius 2 is 2.12 bits per heavy atom. The van der Waals surface area contributed by atoms with Gasteiger partial charge < -0.3 is 16.0 Å². The number of amides is 2. The molecule has 1 aromatic rings. The Hall–Kier alpha value is -1.85. The van der Waals surface area contributed by atoms with Crippen LogP contribution in [-0.2, 0) is 4.79 Å². The van der Waals surface area contributed by atoms with Gasteiger partial charge in [0.15, 0.2) is 0 Å². The molecule has 2 amide bonds. The second-order valence-corrected chi connectivity index (χ2v) is 6.39. The lowest BCUT2D eigenvalue weighted by Gasteiger charge is -2.14. The van der Waals surface area contributed by atoms with Crippen molar-refractivity contribution in [3.63, 3.8) is 0 Å². The van der Waals surface area contributed by atoms with Gasteiger partial charge in [-0.25, -0.2) is 0 Å². The van der Waals surface area contributed by atoms with Crippen molar-refractivity contribution in [2.75, 3.05) is 25.0 Å². The number of hydrogen-bond acceptors (Lipinski definition) is 3. The van der Waals surface area contributed by atoms with E-state index >= 15 is 0 Å². The predicted octanol–water partition coefficient (Wildman–Crippen LogP) is 2.35. The van der Waals surface area contributed by atoms with Gasteiger partial charge in [0.1, 0.15) is 0 Å². The van der Waals surface area contributed by atoms with Crippen LogP contribution in [0.1, 0.15) is 30.1 Å². The van der Waals surface area contributed by atoms with E-state index in [9.17, 15) is 9.59 Å².